The lowest BCUT2D eigenvalue weighted by Gasteiger charge is -2.45. The predicted octanol–water partition coefficient (Wildman–Crippen LogP) is 3.13. The Labute approximate surface area is 123 Å². The van der Waals surface area contributed by atoms with Gasteiger partial charge in [0.15, 0.2) is 0 Å². The summed E-state index contributed by atoms with van der Waals surface area (Å²) in [5, 5.41) is 20.0. The van der Waals surface area contributed by atoms with E-state index in [0.717, 1.165) is 19.3 Å². The van der Waals surface area contributed by atoms with Crippen LogP contribution in [0, 0.1) is 17.3 Å². The largest absolute Gasteiger partial charge is 0.393 e. The molecule has 2 rings (SSSR count). The fourth-order valence-corrected chi connectivity index (χ4v) is 4.57. The van der Waals surface area contributed by atoms with Crippen molar-refractivity contribution in [2.75, 3.05) is 6.61 Å². The zero-order valence-corrected chi connectivity index (χ0v) is 13.6. The third kappa shape index (κ3) is 3.37. The van der Waals surface area contributed by atoms with Gasteiger partial charge in [0.05, 0.1) is 17.8 Å². The third-order valence-corrected chi connectivity index (χ3v) is 5.82. The Morgan fingerprint density at radius 2 is 2.00 bits per heavy atom. The lowest BCUT2D eigenvalue weighted by atomic mass is 9.63. The highest BCUT2D eigenvalue weighted by molar-refractivity contribution is 5.02. The van der Waals surface area contributed by atoms with Gasteiger partial charge < -0.3 is 14.9 Å². The first-order chi connectivity index (χ1) is 9.24. The standard InChI is InChI=1S/C17H32O3/c1-12(20-11-10-16(2,3)19)13-7-8-14-15(18)6-5-9-17(13,14)4/h12-15,18-19H,5-11H2,1-4H3/t12-,13?,14?,15+,17?/m1/s1. The molecule has 3 nitrogen and oxygen atoms in total. The topological polar surface area (TPSA) is 49.7 Å². The molecule has 2 fully saturated rings. The van der Waals surface area contributed by atoms with Crippen molar-refractivity contribution in [3.8, 4) is 0 Å². The zero-order chi connectivity index (χ0) is 15.0. The highest BCUT2D eigenvalue weighted by Crippen LogP contribution is 2.56. The maximum Gasteiger partial charge on any atom is 0.0613 e. The maximum absolute atomic E-state index is 10.3. The van der Waals surface area contributed by atoms with E-state index in [9.17, 15) is 10.2 Å². The number of hydrogen-bond donors (Lipinski definition) is 2. The van der Waals surface area contributed by atoms with Crippen LogP contribution in [-0.2, 0) is 4.74 Å². The van der Waals surface area contributed by atoms with Crippen molar-refractivity contribution >= 4 is 0 Å². The highest BCUT2D eigenvalue weighted by Gasteiger charge is 2.52. The molecule has 0 aromatic rings. The van der Waals surface area contributed by atoms with E-state index in [1.165, 1.54) is 12.8 Å². The van der Waals surface area contributed by atoms with E-state index in [2.05, 4.69) is 13.8 Å². The number of hydrogen-bond acceptors (Lipinski definition) is 3. The van der Waals surface area contributed by atoms with Crippen molar-refractivity contribution in [2.24, 2.45) is 17.3 Å². The SMILES string of the molecule is C[C@@H](OCCC(C)(C)O)C1CCC2[C@@H](O)CCCC21C. The van der Waals surface area contributed by atoms with Crippen LogP contribution in [0.4, 0.5) is 0 Å². The molecular formula is C17H32O3. The van der Waals surface area contributed by atoms with Crippen LogP contribution in [-0.4, -0.2) is 34.6 Å². The van der Waals surface area contributed by atoms with Crippen molar-refractivity contribution < 1.29 is 14.9 Å². The predicted molar refractivity (Wildman–Crippen MR) is 80.5 cm³/mol. The Kier molecular flexibility index (Phi) is 4.83. The molecule has 2 N–H and O–H groups in total. The van der Waals surface area contributed by atoms with E-state index < -0.39 is 5.60 Å². The minimum atomic E-state index is -0.650. The number of ether oxygens (including phenoxy) is 1. The molecule has 5 atom stereocenters. The lowest BCUT2D eigenvalue weighted by molar-refractivity contribution is -0.0725. The molecule has 0 spiro atoms. The van der Waals surface area contributed by atoms with Gasteiger partial charge in [-0.15, -0.1) is 0 Å². The van der Waals surface area contributed by atoms with Gasteiger partial charge in [-0.05, 0) is 70.1 Å². The molecular weight excluding hydrogens is 252 g/mol. The normalized spacial score (nSPS) is 39.6. The summed E-state index contributed by atoms with van der Waals surface area (Å²) in [6, 6.07) is 0. The van der Waals surface area contributed by atoms with Crippen LogP contribution in [0.15, 0.2) is 0 Å². The molecule has 0 aromatic carbocycles. The molecule has 118 valence electrons. The summed E-state index contributed by atoms with van der Waals surface area (Å²) in [7, 11) is 0. The first kappa shape index (κ1) is 16.3. The van der Waals surface area contributed by atoms with E-state index in [1.807, 2.05) is 13.8 Å². The van der Waals surface area contributed by atoms with Gasteiger partial charge in [-0.3, -0.25) is 0 Å². The molecule has 0 aliphatic heterocycles. The summed E-state index contributed by atoms with van der Waals surface area (Å²) in [6.07, 6.45) is 6.43. The Balaban J connectivity index is 1.92. The zero-order valence-electron chi connectivity index (χ0n) is 13.6. The van der Waals surface area contributed by atoms with Crippen LogP contribution in [0.1, 0.15) is 66.2 Å². The van der Waals surface area contributed by atoms with Gasteiger partial charge in [-0.1, -0.05) is 13.3 Å². The van der Waals surface area contributed by atoms with Gasteiger partial charge >= 0.3 is 0 Å². The van der Waals surface area contributed by atoms with Gasteiger partial charge in [0, 0.05) is 6.61 Å². The summed E-state index contributed by atoms with van der Waals surface area (Å²) in [4.78, 5) is 0. The van der Waals surface area contributed by atoms with E-state index in [4.69, 9.17) is 4.74 Å². The van der Waals surface area contributed by atoms with Gasteiger partial charge in [0.25, 0.3) is 0 Å². The average Bonchev–Trinajstić information content (AvgIpc) is 2.66. The number of rotatable bonds is 5. The number of fused-ring (bicyclic) bond motifs is 1. The van der Waals surface area contributed by atoms with Crippen LogP contribution in [0.3, 0.4) is 0 Å². The van der Waals surface area contributed by atoms with Gasteiger partial charge in [-0.2, -0.15) is 0 Å². The molecule has 0 saturated heterocycles. The van der Waals surface area contributed by atoms with Crippen LogP contribution in [0.25, 0.3) is 0 Å². The molecule has 0 amide bonds. The third-order valence-electron chi connectivity index (χ3n) is 5.82. The minimum absolute atomic E-state index is 0.109. The maximum atomic E-state index is 10.3. The fourth-order valence-electron chi connectivity index (χ4n) is 4.57. The van der Waals surface area contributed by atoms with Crippen molar-refractivity contribution in [2.45, 2.75) is 84.0 Å². The molecule has 0 bridgehead atoms. The van der Waals surface area contributed by atoms with Crippen LogP contribution in [0.2, 0.25) is 0 Å². The summed E-state index contributed by atoms with van der Waals surface area (Å²) < 4.78 is 6.01. The summed E-state index contributed by atoms with van der Waals surface area (Å²) in [5.74, 6) is 1.01. The Morgan fingerprint density at radius 1 is 1.30 bits per heavy atom. The molecule has 2 aliphatic carbocycles. The summed E-state index contributed by atoms with van der Waals surface area (Å²) >= 11 is 0. The van der Waals surface area contributed by atoms with Crippen molar-refractivity contribution in [3.05, 3.63) is 0 Å². The Hall–Kier alpha value is -0.120. The molecule has 20 heavy (non-hydrogen) atoms. The van der Waals surface area contributed by atoms with Crippen LogP contribution in [0.5, 0.6) is 0 Å². The summed E-state index contributed by atoms with van der Waals surface area (Å²) in [5.41, 5.74) is -0.408. The number of aliphatic hydroxyl groups is 2. The second kappa shape index (κ2) is 5.94. The number of aliphatic hydroxyl groups excluding tert-OH is 1. The lowest BCUT2D eigenvalue weighted by Crippen LogP contribution is -2.43. The smallest absolute Gasteiger partial charge is 0.0613 e. The van der Waals surface area contributed by atoms with E-state index in [-0.39, 0.29) is 17.6 Å². The molecule has 0 heterocycles. The Morgan fingerprint density at radius 3 is 2.65 bits per heavy atom. The molecule has 3 heteroatoms. The summed E-state index contributed by atoms with van der Waals surface area (Å²) in [6.45, 7) is 8.79. The fraction of sp³-hybridized carbons (Fsp3) is 1.00. The minimum Gasteiger partial charge on any atom is -0.393 e. The molecule has 0 radical (unpaired) electrons. The van der Waals surface area contributed by atoms with Gasteiger partial charge in [-0.25, -0.2) is 0 Å². The van der Waals surface area contributed by atoms with Crippen LogP contribution < -0.4 is 0 Å². The van der Waals surface area contributed by atoms with E-state index in [1.54, 1.807) is 0 Å². The first-order valence-corrected chi connectivity index (χ1v) is 8.26. The molecule has 0 aromatic heterocycles. The quantitative estimate of drug-likeness (QED) is 0.815. The van der Waals surface area contributed by atoms with E-state index in [0.29, 0.717) is 24.9 Å². The highest BCUT2D eigenvalue weighted by atomic mass is 16.5. The second-order valence-corrected chi connectivity index (χ2v) is 7.89. The van der Waals surface area contributed by atoms with E-state index >= 15 is 0 Å². The van der Waals surface area contributed by atoms with Gasteiger partial charge in [0.1, 0.15) is 0 Å². The molecule has 2 saturated carbocycles. The van der Waals surface area contributed by atoms with Crippen LogP contribution >= 0.6 is 0 Å². The van der Waals surface area contributed by atoms with Crippen molar-refractivity contribution in [1.29, 1.82) is 0 Å². The molecule has 3 unspecified atom stereocenters. The van der Waals surface area contributed by atoms with Crippen molar-refractivity contribution in [1.82, 2.24) is 0 Å². The second-order valence-electron chi connectivity index (χ2n) is 7.89. The van der Waals surface area contributed by atoms with Crippen molar-refractivity contribution in [3.63, 3.8) is 0 Å². The monoisotopic (exact) mass is 284 g/mol. The first-order valence-electron chi connectivity index (χ1n) is 8.26. The average molecular weight is 284 g/mol. The molecule has 2 aliphatic rings. The van der Waals surface area contributed by atoms with Gasteiger partial charge in [0.2, 0.25) is 0 Å². The Bertz CT molecular complexity index is 323.